The number of anilines is 1. The molecule has 5 rings (SSSR count). The highest BCUT2D eigenvalue weighted by Crippen LogP contribution is 2.57. The second kappa shape index (κ2) is 7.71. The summed E-state index contributed by atoms with van der Waals surface area (Å²) in [5.74, 6) is 1.22. The number of aromatic hydroxyl groups is 1. The maximum atomic E-state index is 15.6. The van der Waals surface area contributed by atoms with Crippen LogP contribution in [0.25, 0.3) is 22.8 Å². The van der Waals surface area contributed by atoms with Crippen molar-refractivity contribution in [3.63, 3.8) is 0 Å². The predicted octanol–water partition coefficient (Wildman–Crippen LogP) is 3.57. The third kappa shape index (κ3) is 3.81. The molecule has 2 saturated carbocycles. The fraction of sp³-hybridized carbons (Fsp3) is 0.565. The molecule has 10 heteroatoms. The Morgan fingerprint density at radius 1 is 1.15 bits per heavy atom. The summed E-state index contributed by atoms with van der Waals surface area (Å²) < 4.78 is 15.6. The summed E-state index contributed by atoms with van der Waals surface area (Å²) in [7, 11) is 3.55. The van der Waals surface area contributed by atoms with Crippen molar-refractivity contribution < 1.29 is 9.50 Å². The topological polar surface area (TPSA) is 106 Å². The van der Waals surface area contributed by atoms with Crippen molar-refractivity contribution in [2.45, 2.75) is 58.2 Å². The number of nitrogens with zero attached hydrogens (tertiary/aromatic N) is 8. The lowest BCUT2D eigenvalue weighted by Crippen LogP contribution is -2.57. The second-order valence-electron chi connectivity index (χ2n) is 10.3. The van der Waals surface area contributed by atoms with Crippen molar-refractivity contribution in [2.75, 3.05) is 11.9 Å². The standard InChI is InChI=1S/C23H29FN8O/c1-22-8-5-9-23(2,13-22)19(24)16(11-22)31(3)18-12-25-21(27-26-18)15-7-6-14(10-17(15)33)20-28-30-32(4)29-20/h6-7,10,12,16,19,33H,5,8-9,11,13H2,1-4H3/t16-,19-,22-,23-/m0/s1. The highest BCUT2D eigenvalue weighted by atomic mass is 19.1. The van der Waals surface area contributed by atoms with E-state index in [2.05, 4.69) is 44.4 Å². The van der Waals surface area contributed by atoms with Gasteiger partial charge in [-0.05, 0) is 48.4 Å². The molecule has 33 heavy (non-hydrogen) atoms. The molecule has 1 aromatic carbocycles. The molecule has 2 fully saturated rings. The number of aryl methyl sites for hydroxylation is 1. The number of hydrogen-bond acceptors (Lipinski definition) is 8. The van der Waals surface area contributed by atoms with Gasteiger partial charge in [-0.1, -0.05) is 26.3 Å². The van der Waals surface area contributed by atoms with Gasteiger partial charge in [0.25, 0.3) is 0 Å². The fourth-order valence-corrected chi connectivity index (χ4v) is 5.87. The van der Waals surface area contributed by atoms with E-state index in [0.29, 0.717) is 28.6 Å². The van der Waals surface area contributed by atoms with Crippen molar-refractivity contribution in [2.24, 2.45) is 17.9 Å². The van der Waals surface area contributed by atoms with Gasteiger partial charge in [-0.2, -0.15) is 4.80 Å². The van der Waals surface area contributed by atoms with Gasteiger partial charge in [-0.15, -0.1) is 20.4 Å². The molecule has 0 saturated heterocycles. The van der Waals surface area contributed by atoms with Gasteiger partial charge in [0, 0.05) is 18.0 Å². The van der Waals surface area contributed by atoms with Crippen molar-refractivity contribution in [1.29, 1.82) is 0 Å². The van der Waals surface area contributed by atoms with Gasteiger partial charge in [0.2, 0.25) is 5.82 Å². The summed E-state index contributed by atoms with van der Waals surface area (Å²) in [6, 6.07) is 4.75. The Bertz CT molecular complexity index is 1170. The second-order valence-corrected chi connectivity index (χ2v) is 10.3. The number of alkyl halides is 1. The predicted molar refractivity (Wildman–Crippen MR) is 121 cm³/mol. The third-order valence-electron chi connectivity index (χ3n) is 7.48. The Balaban J connectivity index is 1.37. The molecule has 2 aliphatic rings. The number of tetrazole rings is 1. The molecular weight excluding hydrogens is 423 g/mol. The Kier molecular flexibility index (Phi) is 5.06. The summed E-state index contributed by atoms with van der Waals surface area (Å²) in [4.78, 5) is 7.66. The monoisotopic (exact) mass is 452 g/mol. The first kappa shape index (κ1) is 21.7. The SMILES string of the molecule is CN(c1cnc(-c2ccc(-c3nnn(C)n3)cc2O)nn1)[C@H]1C[C@]2(C)CCC[C@@](C)(C2)[C@H]1F. The zero-order valence-corrected chi connectivity index (χ0v) is 19.4. The number of phenolic OH excluding ortho intramolecular Hbond substituents is 1. The molecule has 0 spiro atoms. The van der Waals surface area contributed by atoms with Crippen LogP contribution in [-0.2, 0) is 7.05 Å². The van der Waals surface area contributed by atoms with Crippen LogP contribution in [0.3, 0.4) is 0 Å². The molecule has 1 N–H and O–H groups in total. The van der Waals surface area contributed by atoms with E-state index in [1.165, 1.54) is 4.80 Å². The van der Waals surface area contributed by atoms with Crippen LogP contribution in [0.2, 0.25) is 0 Å². The molecule has 0 unspecified atom stereocenters. The van der Waals surface area contributed by atoms with E-state index in [1.807, 2.05) is 11.9 Å². The van der Waals surface area contributed by atoms with Crippen molar-refractivity contribution in [1.82, 2.24) is 35.4 Å². The number of aromatic nitrogens is 7. The van der Waals surface area contributed by atoms with E-state index in [0.717, 1.165) is 32.1 Å². The Labute approximate surface area is 192 Å². The van der Waals surface area contributed by atoms with Gasteiger partial charge in [0.15, 0.2) is 11.6 Å². The molecule has 4 atom stereocenters. The van der Waals surface area contributed by atoms with Crippen LogP contribution >= 0.6 is 0 Å². The number of benzene rings is 1. The molecule has 2 bridgehead atoms. The van der Waals surface area contributed by atoms with E-state index >= 15 is 4.39 Å². The number of rotatable bonds is 4. The Morgan fingerprint density at radius 2 is 1.97 bits per heavy atom. The van der Waals surface area contributed by atoms with Crippen LogP contribution in [0.15, 0.2) is 24.4 Å². The average Bonchev–Trinajstić information content (AvgIpc) is 3.22. The molecule has 0 amide bonds. The summed E-state index contributed by atoms with van der Waals surface area (Å²) >= 11 is 0. The molecule has 2 aliphatic carbocycles. The number of hydrogen-bond donors (Lipinski definition) is 1. The number of fused-ring (bicyclic) bond motifs is 2. The van der Waals surface area contributed by atoms with Crippen molar-refractivity contribution in [3.05, 3.63) is 24.4 Å². The lowest BCUT2D eigenvalue weighted by molar-refractivity contribution is -0.0540. The van der Waals surface area contributed by atoms with Crippen molar-refractivity contribution >= 4 is 5.82 Å². The first-order chi connectivity index (χ1) is 15.7. The van der Waals surface area contributed by atoms with Crippen molar-refractivity contribution in [3.8, 4) is 28.5 Å². The van der Waals surface area contributed by atoms with E-state index in [1.54, 1.807) is 31.4 Å². The maximum Gasteiger partial charge on any atom is 0.205 e. The van der Waals surface area contributed by atoms with Crippen LogP contribution in [-0.4, -0.2) is 59.8 Å². The van der Waals surface area contributed by atoms with Crippen LogP contribution in [0, 0.1) is 10.8 Å². The van der Waals surface area contributed by atoms with Gasteiger partial charge in [-0.25, -0.2) is 9.37 Å². The van der Waals surface area contributed by atoms with Gasteiger partial charge in [0.05, 0.1) is 24.8 Å². The van der Waals surface area contributed by atoms with Gasteiger partial charge in [-0.3, -0.25) is 0 Å². The largest absolute Gasteiger partial charge is 0.507 e. The average molecular weight is 453 g/mol. The lowest BCUT2D eigenvalue weighted by atomic mass is 9.54. The molecule has 174 valence electrons. The number of phenols is 1. The molecule has 3 aromatic rings. The van der Waals surface area contributed by atoms with Crippen LogP contribution in [0.5, 0.6) is 5.75 Å². The summed E-state index contributed by atoms with van der Waals surface area (Å²) in [5.41, 5.74) is 0.935. The Hall–Kier alpha value is -3.17. The summed E-state index contributed by atoms with van der Waals surface area (Å²) in [5, 5.41) is 31.0. The summed E-state index contributed by atoms with van der Waals surface area (Å²) in [6.07, 6.45) is 5.56. The molecule has 0 aliphatic heterocycles. The van der Waals surface area contributed by atoms with Crippen LogP contribution < -0.4 is 4.90 Å². The lowest BCUT2D eigenvalue weighted by Gasteiger charge is -2.55. The minimum Gasteiger partial charge on any atom is -0.507 e. The highest BCUT2D eigenvalue weighted by Gasteiger charge is 2.54. The fourth-order valence-electron chi connectivity index (χ4n) is 5.87. The smallest absolute Gasteiger partial charge is 0.205 e. The molecule has 9 nitrogen and oxygen atoms in total. The zero-order valence-electron chi connectivity index (χ0n) is 19.4. The normalized spacial score (nSPS) is 29.1. The molecular formula is C23H29FN8O. The van der Waals surface area contributed by atoms with Gasteiger partial charge in [0.1, 0.15) is 11.9 Å². The molecule has 2 aromatic heterocycles. The van der Waals surface area contributed by atoms with Crippen LogP contribution in [0.4, 0.5) is 10.2 Å². The van der Waals surface area contributed by atoms with E-state index in [9.17, 15) is 5.11 Å². The third-order valence-corrected chi connectivity index (χ3v) is 7.48. The zero-order chi connectivity index (χ0) is 23.4. The summed E-state index contributed by atoms with van der Waals surface area (Å²) in [6.45, 7) is 4.37. The van der Waals surface area contributed by atoms with E-state index < -0.39 is 6.17 Å². The molecule has 0 radical (unpaired) electrons. The number of halogens is 1. The highest BCUT2D eigenvalue weighted by molar-refractivity contribution is 5.69. The van der Waals surface area contributed by atoms with Gasteiger partial charge < -0.3 is 10.0 Å². The minimum absolute atomic E-state index is 0.00682. The maximum absolute atomic E-state index is 15.6. The molecule has 2 heterocycles. The van der Waals surface area contributed by atoms with Gasteiger partial charge >= 0.3 is 0 Å². The first-order valence-corrected chi connectivity index (χ1v) is 11.3. The Morgan fingerprint density at radius 3 is 2.64 bits per heavy atom. The first-order valence-electron chi connectivity index (χ1n) is 11.3. The minimum atomic E-state index is -0.927. The van der Waals surface area contributed by atoms with E-state index in [-0.39, 0.29) is 22.6 Å². The van der Waals surface area contributed by atoms with Crippen LogP contribution in [0.1, 0.15) is 46.0 Å². The quantitative estimate of drug-likeness (QED) is 0.640. The van der Waals surface area contributed by atoms with E-state index in [4.69, 9.17) is 0 Å².